The molecule has 0 unspecified atom stereocenters. The van der Waals surface area contributed by atoms with Gasteiger partial charge in [0.2, 0.25) is 5.91 Å². The number of aromatic nitrogens is 1. The van der Waals surface area contributed by atoms with Gasteiger partial charge in [0.05, 0.1) is 6.21 Å². The lowest BCUT2D eigenvalue weighted by Crippen LogP contribution is -2.22. The van der Waals surface area contributed by atoms with Crippen LogP contribution in [0.15, 0.2) is 29.4 Å². The van der Waals surface area contributed by atoms with Crippen LogP contribution in [-0.4, -0.2) is 17.1 Å². The number of amides is 1. The zero-order valence-electron chi connectivity index (χ0n) is 13.7. The molecule has 23 heavy (non-hydrogen) atoms. The Hall–Kier alpha value is -2.10. The van der Waals surface area contributed by atoms with E-state index in [9.17, 15) is 4.79 Å². The van der Waals surface area contributed by atoms with Crippen LogP contribution >= 0.6 is 0 Å². The highest BCUT2D eigenvalue weighted by Gasteiger charge is 2.64. The van der Waals surface area contributed by atoms with Gasteiger partial charge in [-0.15, -0.1) is 0 Å². The lowest BCUT2D eigenvalue weighted by molar-refractivity contribution is -0.123. The fourth-order valence-corrected chi connectivity index (χ4v) is 4.55. The summed E-state index contributed by atoms with van der Waals surface area (Å²) in [6.07, 6.45) is 6.66. The number of H-pyrrole nitrogens is 1. The number of hydrogen-bond donors (Lipinski definition) is 2. The molecular weight excluding hydrogens is 286 g/mol. The zero-order valence-corrected chi connectivity index (χ0v) is 13.7. The first-order chi connectivity index (χ1) is 11.1. The van der Waals surface area contributed by atoms with Crippen molar-refractivity contribution in [3.05, 3.63) is 35.5 Å². The van der Waals surface area contributed by atoms with E-state index >= 15 is 0 Å². The predicted octanol–water partition coefficient (Wildman–Crippen LogP) is 3.75. The number of aromatic amines is 1. The molecule has 0 radical (unpaired) electrons. The second-order valence-electron chi connectivity index (χ2n) is 7.28. The van der Waals surface area contributed by atoms with E-state index in [1.807, 2.05) is 25.1 Å². The number of para-hydroxylation sites is 1. The fourth-order valence-electron chi connectivity index (χ4n) is 4.55. The Labute approximate surface area is 136 Å². The third-order valence-electron chi connectivity index (χ3n) is 5.93. The Bertz CT molecular complexity index is 791. The molecule has 120 valence electrons. The molecule has 1 aromatic heterocycles. The molecule has 2 N–H and O–H groups in total. The number of carbonyl (C=O) groups excluding carboxylic acids is 1. The molecule has 4 rings (SSSR count). The minimum atomic E-state index is 0.0909. The van der Waals surface area contributed by atoms with Crippen LogP contribution in [0.25, 0.3) is 10.9 Å². The van der Waals surface area contributed by atoms with Gasteiger partial charge in [0.25, 0.3) is 0 Å². The van der Waals surface area contributed by atoms with Gasteiger partial charge in [-0.2, -0.15) is 5.10 Å². The quantitative estimate of drug-likeness (QED) is 0.658. The van der Waals surface area contributed by atoms with E-state index in [1.54, 1.807) is 6.21 Å². The van der Waals surface area contributed by atoms with Crippen LogP contribution in [0, 0.1) is 24.2 Å². The van der Waals surface area contributed by atoms with Crippen LogP contribution in [0.1, 0.15) is 43.9 Å². The van der Waals surface area contributed by atoms with Crippen LogP contribution < -0.4 is 5.43 Å². The van der Waals surface area contributed by atoms with Gasteiger partial charge in [-0.3, -0.25) is 4.79 Å². The summed E-state index contributed by atoms with van der Waals surface area (Å²) in [5, 5.41) is 5.36. The van der Waals surface area contributed by atoms with Crippen molar-refractivity contribution >= 4 is 23.0 Å². The van der Waals surface area contributed by atoms with Gasteiger partial charge in [0.1, 0.15) is 0 Å². The van der Waals surface area contributed by atoms with Crippen LogP contribution in [0.2, 0.25) is 0 Å². The number of nitrogens with zero attached hydrogens (tertiary/aromatic N) is 1. The number of carbonyl (C=O) groups is 1. The van der Waals surface area contributed by atoms with Crippen LogP contribution in [-0.2, 0) is 4.79 Å². The molecule has 2 aliphatic carbocycles. The van der Waals surface area contributed by atoms with Crippen LogP contribution in [0.3, 0.4) is 0 Å². The first-order valence-electron chi connectivity index (χ1n) is 8.51. The maximum Gasteiger partial charge on any atom is 0.244 e. The van der Waals surface area contributed by atoms with E-state index in [-0.39, 0.29) is 17.2 Å². The second kappa shape index (κ2) is 5.22. The van der Waals surface area contributed by atoms with Crippen LogP contribution in [0.4, 0.5) is 0 Å². The molecule has 2 fully saturated rings. The molecule has 3 atom stereocenters. The van der Waals surface area contributed by atoms with E-state index < -0.39 is 0 Å². The van der Waals surface area contributed by atoms with E-state index in [2.05, 4.69) is 28.5 Å². The van der Waals surface area contributed by atoms with Crippen molar-refractivity contribution in [1.29, 1.82) is 0 Å². The molecule has 0 saturated heterocycles. The lowest BCUT2D eigenvalue weighted by Gasteiger charge is -2.15. The molecule has 2 aromatic rings. The molecule has 4 nitrogen and oxygen atoms in total. The minimum Gasteiger partial charge on any atom is -0.358 e. The molecule has 1 aromatic carbocycles. The largest absolute Gasteiger partial charge is 0.358 e. The molecule has 4 heteroatoms. The Balaban J connectivity index is 1.47. The fraction of sp³-hybridized carbons (Fsp3) is 0.474. The summed E-state index contributed by atoms with van der Waals surface area (Å²) in [5.74, 6) is 0.820. The van der Waals surface area contributed by atoms with Crippen molar-refractivity contribution < 1.29 is 4.79 Å². The monoisotopic (exact) mass is 309 g/mol. The third-order valence-corrected chi connectivity index (χ3v) is 5.93. The van der Waals surface area contributed by atoms with Gasteiger partial charge in [-0.25, -0.2) is 5.43 Å². The van der Waals surface area contributed by atoms with Gasteiger partial charge in [-0.05, 0) is 37.2 Å². The number of fused-ring (bicyclic) bond motifs is 2. The Kier molecular flexibility index (Phi) is 3.29. The van der Waals surface area contributed by atoms with Crippen LogP contribution in [0.5, 0.6) is 0 Å². The third kappa shape index (κ3) is 2.28. The second-order valence-corrected chi connectivity index (χ2v) is 7.28. The van der Waals surface area contributed by atoms with Crippen molar-refractivity contribution in [3.63, 3.8) is 0 Å². The molecular formula is C19H23N3O. The summed E-state index contributed by atoms with van der Waals surface area (Å²) < 4.78 is 0. The maximum absolute atomic E-state index is 12.4. The number of benzene rings is 1. The molecule has 2 aliphatic rings. The predicted molar refractivity (Wildman–Crippen MR) is 92.3 cm³/mol. The molecule has 2 saturated carbocycles. The highest BCUT2D eigenvalue weighted by molar-refractivity contribution is 6.00. The van der Waals surface area contributed by atoms with E-state index in [0.29, 0.717) is 5.92 Å². The Morgan fingerprint density at radius 1 is 1.39 bits per heavy atom. The Morgan fingerprint density at radius 3 is 3.00 bits per heavy atom. The summed E-state index contributed by atoms with van der Waals surface area (Å²) in [7, 11) is 0. The van der Waals surface area contributed by atoms with Crippen molar-refractivity contribution in [1.82, 2.24) is 10.4 Å². The average Bonchev–Trinajstić information content (AvgIpc) is 3.05. The van der Waals surface area contributed by atoms with E-state index in [0.717, 1.165) is 22.2 Å². The molecule has 1 amide bonds. The summed E-state index contributed by atoms with van der Waals surface area (Å²) in [6.45, 7) is 4.29. The highest BCUT2D eigenvalue weighted by Crippen LogP contribution is 2.66. The topological polar surface area (TPSA) is 57.2 Å². The standard InChI is InChI=1S/C19H23N3O/c1-12-14(13-7-3-4-9-16(13)21-12)11-20-22-18(23)17-15-8-5-6-10-19(15,17)2/h3-4,7,9,11,15,17,21H,5-6,8,10H2,1-2H3,(H,22,23)/b20-11-/t15-,17-,19-/m0/s1. The molecule has 1 heterocycles. The maximum atomic E-state index is 12.4. The summed E-state index contributed by atoms with van der Waals surface area (Å²) in [5.41, 5.74) is 6.21. The van der Waals surface area contributed by atoms with Gasteiger partial charge in [-0.1, -0.05) is 38.0 Å². The molecule has 0 spiro atoms. The van der Waals surface area contributed by atoms with Gasteiger partial charge < -0.3 is 4.98 Å². The van der Waals surface area contributed by atoms with E-state index in [1.165, 1.54) is 25.7 Å². The van der Waals surface area contributed by atoms with Gasteiger partial charge >= 0.3 is 0 Å². The minimum absolute atomic E-state index is 0.0909. The number of aryl methyl sites for hydroxylation is 1. The molecule has 0 aliphatic heterocycles. The molecule has 0 bridgehead atoms. The number of rotatable bonds is 3. The van der Waals surface area contributed by atoms with E-state index in [4.69, 9.17) is 0 Å². The SMILES string of the molecule is Cc1[nH]c2ccccc2c1/C=N\NC(=O)[C@@H]1[C@@H]2CCCC[C@]12C. The normalized spacial score (nSPS) is 29.7. The number of hydrazone groups is 1. The summed E-state index contributed by atoms with van der Waals surface area (Å²) >= 11 is 0. The van der Waals surface area contributed by atoms with Crippen molar-refractivity contribution in [2.75, 3.05) is 0 Å². The summed E-state index contributed by atoms with van der Waals surface area (Å²) in [4.78, 5) is 15.8. The summed E-state index contributed by atoms with van der Waals surface area (Å²) in [6, 6.07) is 8.14. The first-order valence-corrected chi connectivity index (χ1v) is 8.51. The number of nitrogens with one attached hydrogen (secondary N) is 2. The van der Waals surface area contributed by atoms with Gasteiger partial charge in [0, 0.05) is 28.1 Å². The van der Waals surface area contributed by atoms with Crippen molar-refractivity contribution in [2.24, 2.45) is 22.4 Å². The van der Waals surface area contributed by atoms with Crippen molar-refractivity contribution in [2.45, 2.75) is 39.5 Å². The zero-order chi connectivity index (χ0) is 16.0. The van der Waals surface area contributed by atoms with Gasteiger partial charge in [0.15, 0.2) is 0 Å². The Morgan fingerprint density at radius 2 is 2.22 bits per heavy atom. The van der Waals surface area contributed by atoms with Crippen molar-refractivity contribution in [3.8, 4) is 0 Å². The number of hydrogen-bond acceptors (Lipinski definition) is 2. The lowest BCUT2D eigenvalue weighted by atomic mass is 9.90. The first kappa shape index (κ1) is 14.5. The average molecular weight is 309 g/mol. The smallest absolute Gasteiger partial charge is 0.244 e. The highest BCUT2D eigenvalue weighted by atomic mass is 16.2.